The molecule has 3 N–H and O–H groups in total. The third-order valence-corrected chi connectivity index (χ3v) is 3.19. The number of amides is 2. The molecule has 2 amide bonds. The minimum Gasteiger partial charge on any atom is -0.392 e. The summed E-state index contributed by atoms with van der Waals surface area (Å²) in [6, 6.07) is 2.91. The predicted molar refractivity (Wildman–Crippen MR) is 74.9 cm³/mol. The molecule has 1 aliphatic rings. The molecular weight excluding hydrogens is 297 g/mol. The Balaban J connectivity index is 2.71. The van der Waals surface area contributed by atoms with Gasteiger partial charge < -0.3 is 15.7 Å². The van der Waals surface area contributed by atoms with E-state index >= 15 is 0 Å². The van der Waals surface area contributed by atoms with Gasteiger partial charge >= 0.3 is 12.2 Å². The van der Waals surface area contributed by atoms with Crippen molar-refractivity contribution >= 4 is 11.7 Å². The maximum atomic E-state index is 13.7. The number of hydrogen-bond acceptors (Lipinski definition) is 2. The van der Waals surface area contributed by atoms with E-state index in [2.05, 4.69) is 17.2 Å². The number of fused-ring (bicyclic) bond motifs is 1. The number of rotatable bonds is 1. The maximum absolute atomic E-state index is 13.7. The standard InChI is InChI=1S/C15H15F3N2O2/c1-9(2)5-6-14(15(16,17)18)11-4-3-10(8-21)7-12(11)19-13(22)20-14/h3-4,7,9,21H,8H2,1-2H3,(H2,19,20,22). The molecule has 22 heavy (non-hydrogen) atoms. The number of aliphatic hydroxyl groups excluding tert-OH is 1. The largest absolute Gasteiger partial charge is 0.427 e. The number of carbonyl (C=O) groups excluding carboxylic acids is 1. The SMILES string of the molecule is CC(C)C#CC1(C(F)(F)F)NC(=O)Nc2cc(CO)ccc21. The average molecular weight is 312 g/mol. The number of urea groups is 1. The molecule has 1 aromatic rings. The Morgan fingerprint density at radius 2 is 2.05 bits per heavy atom. The summed E-state index contributed by atoms with van der Waals surface area (Å²) >= 11 is 0. The number of benzene rings is 1. The van der Waals surface area contributed by atoms with E-state index in [0.29, 0.717) is 5.56 Å². The molecule has 2 rings (SSSR count). The normalized spacial score (nSPS) is 20.6. The van der Waals surface area contributed by atoms with Crippen LogP contribution in [0.5, 0.6) is 0 Å². The van der Waals surface area contributed by atoms with Crippen LogP contribution in [0.3, 0.4) is 0 Å². The number of nitrogens with one attached hydrogen (secondary N) is 2. The van der Waals surface area contributed by atoms with Gasteiger partial charge in [0.2, 0.25) is 5.54 Å². The van der Waals surface area contributed by atoms with Gasteiger partial charge in [0.25, 0.3) is 0 Å². The second kappa shape index (κ2) is 5.54. The lowest BCUT2D eigenvalue weighted by molar-refractivity contribution is -0.178. The predicted octanol–water partition coefficient (Wildman–Crippen LogP) is 2.73. The molecule has 0 bridgehead atoms. The number of carbonyl (C=O) groups is 1. The Morgan fingerprint density at radius 3 is 2.59 bits per heavy atom. The van der Waals surface area contributed by atoms with E-state index in [1.807, 2.05) is 5.32 Å². The second-order valence-electron chi connectivity index (χ2n) is 5.29. The molecule has 0 aromatic heterocycles. The van der Waals surface area contributed by atoms with Crippen molar-refractivity contribution in [3.05, 3.63) is 29.3 Å². The zero-order valence-corrected chi connectivity index (χ0v) is 12.0. The maximum Gasteiger partial charge on any atom is 0.427 e. The minimum absolute atomic E-state index is 0.00863. The van der Waals surface area contributed by atoms with E-state index in [4.69, 9.17) is 5.11 Å². The molecule has 1 heterocycles. The monoisotopic (exact) mass is 312 g/mol. The fourth-order valence-corrected chi connectivity index (χ4v) is 2.16. The molecule has 1 unspecified atom stereocenters. The van der Waals surface area contributed by atoms with Gasteiger partial charge in [-0.25, -0.2) is 4.79 Å². The minimum atomic E-state index is -4.79. The van der Waals surface area contributed by atoms with Gasteiger partial charge in [0.15, 0.2) is 0 Å². The Kier molecular flexibility index (Phi) is 4.07. The first-order valence-corrected chi connectivity index (χ1v) is 6.62. The van der Waals surface area contributed by atoms with E-state index < -0.39 is 17.7 Å². The van der Waals surface area contributed by atoms with E-state index in [-0.39, 0.29) is 23.8 Å². The third kappa shape index (κ3) is 2.74. The summed E-state index contributed by atoms with van der Waals surface area (Å²) in [5, 5.41) is 13.3. The molecule has 7 heteroatoms. The molecule has 1 aliphatic heterocycles. The summed E-state index contributed by atoms with van der Waals surface area (Å²) in [5.74, 6) is 4.39. The molecule has 0 radical (unpaired) electrons. The van der Waals surface area contributed by atoms with E-state index in [1.54, 1.807) is 13.8 Å². The molecule has 1 atom stereocenters. The van der Waals surface area contributed by atoms with Crippen LogP contribution in [-0.4, -0.2) is 17.3 Å². The Labute approximate surface area is 125 Å². The third-order valence-electron chi connectivity index (χ3n) is 3.19. The van der Waals surface area contributed by atoms with Gasteiger partial charge in [0.1, 0.15) is 0 Å². The van der Waals surface area contributed by atoms with E-state index in [0.717, 1.165) is 0 Å². The fraction of sp³-hybridized carbons (Fsp3) is 0.400. The summed E-state index contributed by atoms with van der Waals surface area (Å²) in [6.07, 6.45) is -4.79. The number of halogens is 3. The van der Waals surface area contributed by atoms with E-state index in [1.165, 1.54) is 18.2 Å². The van der Waals surface area contributed by atoms with Crippen molar-refractivity contribution in [1.29, 1.82) is 0 Å². The fourth-order valence-electron chi connectivity index (χ4n) is 2.16. The number of alkyl halides is 3. The molecular formula is C15H15F3N2O2. The van der Waals surface area contributed by atoms with Gasteiger partial charge in [-0.1, -0.05) is 37.8 Å². The van der Waals surface area contributed by atoms with Crippen molar-refractivity contribution in [2.45, 2.75) is 32.2 Å². The Hall–Kier alpha value is -2.20. The van der Waals surface area contributed by atoms with Gasteiger partial charge in [-0.2, -0.15) is 13.2 Å². The first-order chi connectivity index (χ1) is 10.2. The molecule has 118 valence electrons. The highest BCUT2D eigenvalue weighted by atomic mass is 19.4. The van der Waals surface area contributed by atoms with Crippen LogP contribution in [0.1, 0.15) is 25.0 Å². The van der Waals surface area contributed by atoms with Gasteiger partial charge in [-0.3, -0.25) is 0 Å². The van der Waals surface area contributed by atoms with Crippen LogP contribution >= 0.6 is 0 Å². The van der Waals surface area contributed by atoms with Crippen molar-refractivity contribution < 1.29 is 23.1 Å². The van der Waals surface area contributed by atoms with E-state index in [9.17, 15) is 18.0 Å². The summed E-state index contributed by atoms with van der Waals surface area (Å²) in [4.78, 5) is 11.7. The lowest BCUT2D eigenvalue weighted by Crippen LogP contribution is -2.59. The lowest BCUT2D eigenvalue weighted by Gasteiger charge is -2.37. The quantitative estimate of drug-likeness (QED) is 0.698. The molecule has 0 fully saturated rings. The Morgan fingerprint density at radius 1 is 1.36 bits per heavy atom. The summed E-state index contributed by atoms with van der Waals surface area (Å²) in [7, 11) is 0. The zero-order chi connectivity index (χ0) is 16.5. The van der Waals surface area contributed by atoms with Crippen molar-refractivity contribution in [2.24, 2.45) is 5.92 Å². The van der Waals surface area contributed by atoms with Gasteiger partial charge in [0, 0.05) is 17.2 Å². The van der Waals surface area contributed by atoms with Crippen molar-refractivity contribution in [1.82, 2.24) is 5.32 Å². The van der Waals surface area contributed by atoms with Gasteiger partial charge in [-0.05, 0) is 11.6 Å². The first kappa shape index (κ1) is 16.2. The van der Waals surface area contributed by atoms with Crippen molar-refractivity contribution in [3.63, 3.8) is 0 Å². The molecule has 1 aromatic carbocycles. The number of aliphatic hydroxyl groups is 1. The molecule has 0 saturated carbocycles. The van der Waals surface area contributed by atoms with Crippen LogP contribution in [0.25, 0.3) is 0 Å². The first-order valence-electron chi connectivity index (χ1n) is 6.62. The zero-order valence-electron chi connectivity index (χ0n) is 12.0. The van der Waals surface area contributed by atoms with Crippen LogP contribution in [0.4, 0.5) is 23.7 Å². The van der Waals surface area contributed by atoms with Crippen LogP contribution in [0, 0.1) is 17.8 Å². The van der Waals surface area contributed by atoms with Crippen LogP contribution in [-0.2, 0) is 12.1 Å². The number of hydrogen-bond donors (Lipinski definition) is 3. The van der Waals surface area contributed by atoms with Crippen molar-refractivity contribution in [2.75, 3.05) is 5.32 Å². The lowest BCUT2D eigenvalue weighted by atomic mass is 9.85. The summed E-state index contributed by atoms with van der Waals surface area (Å²) < 4.78 is 41.1. The summed E-state index contributed by atoms with van der Waals surface area (Å²) in [5.41, 5.74) is -2.56. The van der Waals surface area contributed by atoms with Gasteiger partial charge in [0.05, 0.1) is 6.61 Å². The highest BCUT2D eigenvalue weighted by Gasteiger charge is 2.59. The van der Waals surface area contributed by atoms with Crippen LogP contribution < -0.4 is 10.6 Å². The van der Waals surface area contributed by atoms with Gasteiger partial charge in [-0.15, -0.1) is 0 Å². The molecule has 4 nitrogen and oxygen atoms in total. The number of anilines is 1. The second-order valence-corrected chi connectivity index (χ2v) is 5.29. The molecule has 0 saturated heterocycles. The molecule has 0 aliphatic carbocycles. The summed E-state index contributed by atoms with van der Waals surface area (Å²) in [6.45, 7) is 2.98. The van der Waals surface area contributed by atoms with Crippen LogP contribution in [0.15, 0.2) is 18.2 Å². The van der Waals surface area contributed by atoms with Crippen LogP contribution in [0.2, 0.25) is 0 Å². The Bertz CT molecular complexity index is 659. The highest BCUT2D eigenvalue weighted by Crippen LogP contribution is 2.44. The molecule has 0 spiro atoms. The topological polar surface area (TPSA) is 61.4 Å². The average Bonchev–Trinajstić information content (AvgIpc) is 2.42. The smallest absolute Gasteiger partial charge is 0.392 e. The van der Waals surface area contributed by atoms with Crippen molar-refractivity contribution in [3.8, 4) is 11.8 Å². The highest BCUT2D eigenvalue weighted by molar-refractivity contribution is 5.94.